The van der Waals surface area contributed by atoms with Gasteiger partial charge in [0, 0.05) is 18.1 Å². The number of ether oxygens (including phenoxy) is 1. The summed E-state index contributed by atoms with van der Waals surface area (Å²) in [6.45, 7) is 0.963. The van der Waals surface area contributed by atoms with Gasteiger partial charge in [0.2, 0.25) is 5.76 Å². The van der Waals surface area contributed by atoms with Crippen LogP contribution >= 0.6 is 27.5 Å². The van der Waals surface area contributed by atoms with Crippen molar-refractivity contribution in [1.82, 2.24) is 9.80 Å². The van der Waals surface area contributed by atoms with Gasteiger partial charge in [-0.2, -0.15) is 0 Å². The van der Waals surface area contributed by atoms with E-state index in [9.17, 15) is 14.7 Å². The Morgan fingerprint density at radius 2 is 2.00 bits per heavy atom. The van der Waals surface area contributed by atoms with Crippen LogP contribution in [0.2, 0.25) is 5.02 Å². The molecule has 0 saturated carbocycles. The van der Waals surface area contributed by atoms with Crippen molar-refractivity contribution >= 4 is 44.4 Å². The number of methoxy groups -OCH3 is 1. The first-order valence-electron chi connectivity index (χ1n) is 9.51. The Morgan fingerprint density at radius 1 is 1.26 bits per heavy atom. The van der Waals surface area contributed by atoms with Crippen molar-refractivity contribution in [3.63, 3.8) is 0 Å². The van der Waals surface area contributed by atoms with Gasteiger partial charge in [-0.3, -0.25) is 9.59 Å². The standard InChI is InChI=1S/C22H20BrClN2O5/c1-25(2)6-7-26-18(11-8-14(23)20(28)16(9-11)30-3)17-19(27)13-10-12(24)4-5-15(13)31-21(17)22(26)29/h4-5,8-10,18,28H,6-7H2,1-3H3. The number of phenolic OH excluding ortho intramolecular Hbond substituents is 1. The van der Waals surface area contributed by atoms with Crippen LogP contribution in [0.3, 0.4) is 0 Å². The van der Waals surface area contributed by atoms with Crippen LogP contribution < -0.4 is 10.2 Å². The highest BCUT2D eigenvalue weighted by Gasteiger charge is 2.43. The van der Waals surface area contributed by atoms with Gasteiger partial charge >= 0.3 is 0 Å². The fourth-order valence-corrected chi connectivity index (χ4v) is 4.42. The number of amides is 1. The molecule has 9 heteroatoms. The summed E-state index contributed by atoms with van der Waals surface area (Å²) in [5.74, 6) is -0.176. The Bertz CT molecular complexity index is 1260. The first-order chi connectivity index (χ1) is 14.7. The number of carbonyl (C=O) groups is 1. The lowest BCUT2D eigenvalue weighted by molar-refractivity contribution is 0.0716. The average molecular weight is 508 g/mol. The zero-order valence-corrected chi connectivity index (χ0v) is 19.5. The number of benzene rings is 2. The number of rotatable bonds is 5. The van der Waals surface area contributed by atoms with E-state index in [1.54, 1.807) is 35.2 Å². The van der Waals surface area contributed by atoms with Crippen molar-refractivity contribution in [3.8, 4) is 11.5 Å². The van der Waals surface area contributed by atoms with Crippen LogP contribution in [-0.2, 0) is 0 Å². The van der Waals surface area contributed by atoms with E-state index in [1.807, 2.05) is 19.0 Å². The molecule has 0 saturated heterocycles. The van der Waals surface area contributed by atoms with Gasteiger partial charge in [0.1, 0.15) is 5.58 Å². The van der Waals surface area contributed by atoms with Gasteiger partial charge in [-0.05, 0) is 65.9 Å². The second-order valence-corrected chi connectivity index (χ2v) is 8.86. The van der Waals surface area contributed by atoms with Gasteiger partial charge in [-0.25, -0.2) is 0 Å². The fraction of sp³-hybridized carbons (Fsp3) is 0.273. The SMILES string of the molecule is COc1cc(C2c3c(oc4ccc(Cl)cc4c3=O)C(=O)N2CCN(C)C)cc(Br)c1O. The maximum absolute atomic E-state index is 13.5. The molecule has 4 rings (SSSR count). The van der Waals surface area contributed by atoms with E-state index >= 15 is 0 Å². The summed E-state index contributed by atoms with van der Waals surface area (Å²) in [5.41, 5.74) is 0.853. The number of fused-ring (bicyclic) bond motifs is 2. The maximum Gasteiger partial charge on any atom is 0.290 e. The molecule has 2 heterocycles. The van der Waals surface area contributed by atoms with Crippen molar-refractivity contribution in [1.29, 1.82) is 0 Å². The summed E-state index contributed by atoms with van der Waals surface area (Å²) in [4.78, 5) is 30.4. The van der Waals surface area contributed by atoms with Crippen molar-refractivity contribution < 1.29 is 19.1 Å². The molecule has 1 N–H and O–H groups in total. The number of carbonyl (C=O) groups excluding carboxylic acids is 1. The minimum atomic E-state index is -0.701. The van der Waals surface area contributed by atoms with Crippen LogP contribution in [-0.4, -0.2) is 55.1 Å². The zero-order chi connectivity index (χ0) is 22.4. The molecule has 1 aliphatic rings. The van der Waals surface area contributed by atoms with Crippen LogP contribution in [0.1, 0.15) is 27.7 Å². The van der Waals surface area contributed by atoms with Gasteiger partial charge in [0.25, 0.3) is 5.91 Å². The number of hydrogen-bond donors (Lipinski definition) is 1. The highest BCUT2D eigenvalue weighted by Crippen LogP contribution is 2.43. The van der Waals surface area contributed by atoms with Crippen LogP contribution in [0, 0.1) is 0 Å². The molecule has 2 aromatic carbocycles. The Balaban J connectivity index is 1.98. The largest absolute Gasteiger partial charge is 0.503 e. The number of hydrogen-bond acceptors (Lipinski definition) is 6. The van der Waals surface area contributed by atoms with E-state index in [4.69, 9.17) is 20.8 Å². The van der Waals surface area contributed by atoms with Gasteiger partial charge in [0.05, 0.1) is 28.6 Å². The zero-order valence-electron chi connectivity index (χ0n) is 17.1. The summed E-state index contributed by atoms with van der Waals surface area (Å²) in [6, 6.07) is 7.34. The van der Waals surface area contributed by atoms with Crippen LogP contribution in [0.25, 0.3) is 11.0 Å². The lowest BCUT2D eigenvalue weighted by atomic mass is 9.98. The summed E-state index contributed by atoms with van der Waals surface area (Å²) < 4.78 is 11.6. The van der Waals surface area contributed by atoms with E-state index in [0.29, 0.717) is 39.1 Å². The summed E-state index contributed by atoms with van der Waals surface area (Å²) in [6.07, 6.45) is 0. The number of nitrogens with zero attached hydrogens (tertiary/aromatic N) is 2. The maximum atomic E-state index is 13.5. The lowest BCUT2D eigenvalue weighted by Gasteiger charge is -2.27. The second kappa shape index (κ2) is 8.18. The monoisotopic (exact) mass is 506 g/mol. The van der Waals surface area contributed by atoms with E-state index in [1.165, 1.54) is 7.11 Å². The van der Waals surface area contributed by atoms with Crippen LogP contribution in [0.5, 0.6) is 11.5 Å². The Kier molecular flexibility index (Phi) is 5.72. The van der Waals surface area contributed by atoms with Crippen LogP contribution in [0.4, 0.5) is 0 Å². The third-order valence-electron chi connectivity index (χ3n) is 5.30. The second-order valence-electron chi connectivity index (χ2n) is 7.57. The predicted molar refractivity (Wildman–Crippen MR) is 121 cm³/mol. The van der Waals surface area contributed by atoms with Crippen molar-refractivity contribution in [2.45, 2.75) is 6.04 Å². The molecule has 1 atom stereocenters. The van der Waals surface area contributed by atoms with Crippen molar-refractivity contribution in [3.05, 3.63) is 66.9 Å². The molecule has 7 nitrogen and oxygen atoms in total. The molecule has 0 spiro atoms. The predicted octanol–water partition coefficient (Wildman–Crippen LogP) is 4.03. The molecule has 1 amide bonds. The third-order valence-corrected chi connectivity index (χ3v) is 6.14. The van der Waals surface area contributed by atoms with E-state index < -0.39 is 6.04 Å². The molecule has 0 fully saturated rings. The van der Waals surface area contributed by atoms with Gasteiger partial charge in [0.15, 0.2) is 16.9 Å². The highest BCUT2D eigenvalue weighted by molar-refractivity contribution is 9.10. The molecule has 0 radical (unpaired) electrons. The van der Waals surface area contributed by atoms with E-state index in [-0.39, 0.29) is 34.2 Å². The molecule has 3 aromatic rings. The first kappa shape index (κ1) is 21.7. The molecule has 1 unspecified atom stereocenters. The number of aromatic hydroxyl groups is 1. The number of likely N-dealkylation sites (N-methyl/N-ethyl adjacent to an activating group) is 1. The van der Waals surface area contributed by atoms with Crippen molar-refractivity contribution in [2.75, 3.05) is 34.3 Å². The van der Waals surface area contributed by atoms with E-state index in [0.717, 1.165) is 0 Å². The summed E-state index contributed by atoms with van der Waals surface area (Å²) >= 11 is 9.43. The molecule has 0 aliphatic carbocycles. The van der Waals surface area contributed by atoms with Crippen molar-refractivity contribution in [2.24, 2.45) is 0 Å². The van der Waals surface area contributed by atoms with Gasteiger partial charge in [-0.15, -0.1) is 0 Å². The molecule has 31 heavy (non-hydrogen) atoms. The Labute approximate surface area is 191 Å². The molecular weight excluding hydrogens is 488 g/mol. The smallest absolute Gasteiger partial charge is 0.290 e. The Hall–Kier alpha value is -2.55. The quantitative estimate of drug-likeness (QED) is 0.561. The first-order valence-corrected chi connectivity index (χ1v) is 10.7. The normalized spacial score (nSPS) is 15.7. The molecular formula is C22H20BrClN2O5. The molecule has 162 valence electrons. The minimum Gasteiger partial charge on any atom is -0.503 e. The summed E-state index contributed by atoms with van der Waals surface area (Å²) in [5, 5.41) is 10.9. The highest BCUT2D eigenvalue weighted by atomic mass is 79.9. The van der Waals surface area contributed by atoms with E-state index in [2.05, 4.69) is 15.9 Å². The number of phenols is 1. The lowest BCUT2D eigenvalue weighted by Crippen LogP contribution is -2.35. The topological polar surface area (TPSA) is 83.2 Å². The Morgan fingerprint density at radius 3 is 2.68 bits per heavy atom. The third kappa shape index (κ3) is 3.69. The summed E-state index contributed by atoms with van der Waals surface area (Å²) in [7, 11) is 5.25. The molecule has 1 aliphatic heterocycles. The average Bonchev–Trinajstić information content (AvgIpc) is 3.01. The minimum absolute atomic E-state index is 0.0201. The van der Waals surface area contributed by atoms with Gasteiger partial charge < -0.3 is 24.1 Å². The van der Waals surface area contributed by atoms with Gasteiger partial charge in [-0.1, -0.05) is 11.6 Å². The fourth-order valence-electron chi connectivity index (χ4n) is 3.78. The van der Waals surface area contributed by atoms with Crippen LogP contribution in [0.15, 0.2) is 44.0 Å². The molecule has 0 bridgehead atoms. The molecule has 1 aromatic heterocycles. The number of halogens is 2.